The first-order chi connectivity index (χ1) is 13.7. The predicted molar refractivity (Wildman–Crippen MR) is 136 cm³/mol. The molecule has 0 aliphatic rings. The maximum absolute atomic E-state index is 6.61. The second-order valence-corrected chi connectivity index (χ2v) is 24.4. The van der Waals surface area contributed by atoms with E-state index in [4.69, 9.17) is 13.3 Å². The van der Waals surface area contributed by atoms with Crippen LogP contribution in [-0.4, -0.2) is 25.0 Å². The monoisotopic (exact) mass is 460 g/mol. The molecule has 0 saturated heterocycles. The average Bonchev–Trinajstić information content (AvgIpc) is 2.58. The Morgan fingerprint density at radius 1 is 0.600 bits per heavy atom. The van der Waals surface area contributed by atoms with E-state index in [1.54, 1.807) is 0 Å². The Balaban J connectivity index is 2.49. The van der Waals surface area contributed by atoms with Crippen LogP contribution in [0, 0.1) is 0 Å². The molecule has 0 saturated carbocycles. The minimum atomic E-state index is -1.79. The van der Waals surface area contributed by atoms with Crippen LogP contribution in [0.15, 0.2) is 42.5 Å². The molecule has 0 N–H and O–H groups in total. The predicted octanol–water partition coefficient (Wildman–Crippen LogP) is 7.19. The summed E-state index contributed by atoms with van der Waals surface area (Å²) in [5.74, 6) is 0.988. The highest BCUT2D eigenvalue weighted by atomic mass is 28.4. The van der Waals surface area contributed by atoms with Crippen LogP contribution in [0.1, 0.15) is 22.3 Å². The summed E-state index contributed by atoms with van der Waals surface area (Å²) in [5, 5.41) is 0. The van der Waals surface area contributed by atoms with Crippen LogP contribution >= 0.6 is 0 Å². The van der Waals surface area contributed by atoms with Gasteiger partial charge >= 0.3 is 0 Å². The summed E-state index contributed by atoms with van der Waals surface area (Å²) in [5.41, 5.74) is 4.91. The third-order valence-electron chi connectivity index (χ3n) is 4.28. The Morgan fingerprint density at radius 2 is 1.07 bits per heavy atom. The van der Waals surface area contributed by atoms with E-state index in [0.29, 0.717) is 13.2 Å². The van der Waals surface area contributed by atoms with Gasteiger partial charge in [0.05, 0.1) is 13.2 Å². The molecule has 0 fully saturated rings. The van der Waals surface area contributed by atoms with Gasteiger partial charge in [0.15, 0.2) is 16.6 Å². The number of hydrogen-bond acceptors (Lipinski definition) is 3. The number of hydrogen-bond donors (Lipinski definition) is 0. The molecule has 0 atom stereocenters. The highest BCUT2D eigenvalue weighted by Gasteiger charge is 2.24. The van der Waals surface area contributed by atoms with Crippen molar-refractivity contribution in [1.29, 1.82) is 0 Å². The smallest absolute Gasteiger partial charge is 0.242 e. The van der Waals surface area contributed by atoms with Crippen molar-refractivity contribution in [3.05, 3.63) is 64.7 Å². The average molecular weight is 461 g/mol. The molecule has 0 aliphatic heterocycles. The molecule has 2 rings (SSSR count). The molecule has 0 spiro atoms. The zero-order valence-corrected chi connectivity index (χ0v) is 23.4. The first-order valence-corrected chi connectivity index (χ1v) is 21.1. The van der Waals surface area contributed by atoms with Crippen molar-refractivity contribution in [3.63, 3.8) is 0 Å². The summed E-state index contributed by atoms with van der Waals surface area (Å²) in [6.07, 6.45) is 0.897. The molecule has 0 radical (unpaired) electrons. The lowest BCUT2D eigenvalue weighted by Crippen LogP contribution is -2.32. The molecule has 0 aliphatic carbocycles. The molecule has 0 bridgehead atoms. The van der Waals surface area contributed by atoms with Crippen LogP contribution in [-0.2, 0) is 28.5 Å². The zero-order valence-electron chi connectivity index (χ0n) is 20.4. The highest BCUT2D eigenvalue weighted by molar-refractivity contribution is 6.70. The zero-order chi connectivity index (χ0) is 22.6. The van der Waals surface area contributed by atoms with Gasteiger partial charge < -0.3 is 13.3 Å². The molecule has 0 aromatic heterocycles. The van der Waals surface area contributed by atoms with Gasteiger partial charge in [0.1, 0.15) is 5.75 Å². The van der Waals surface area contributed by atoms with Crippen LogP contribution in [0.4, 0.5) is 0 Å². The summed E-state index contributed by atoms with van der Waals surface area (Å²) in [6.45, 7) is 21.3. The molecule has 0 heterocycles. The van der Waals surface area contributed by atoms with Crippen LogP contribution in [0.2, 0.25) is 58.9 Å². The van der Waals surface area contributed by atoms with Crippen LogP contribution in [0.5, 0.6) is 5.75 Å². The van der Waals surface area contributed by atoms with Gasteiger partial charge in [0, 0.05) is 11.1 Å². The minimum Gasteiger partial charge on any atom is -0.544 e. The summed E-state index contributed by atoms with van der Waals surface area (Å²) in [4.78, 5) is 0. The van der Waals surface area contributed by atoms with Crippen molar-refractivity contribution in [1.82, 2.24) is 0 Å². The van der Waals surface area contributed by atoms with Gasteiger partial charge in [-0.05, 0) is 88.6 Å². The summed E-state index contributed by atoms with van der Waals surface area (Å²) in [7, 11) is -5.09. The normalized spacial score (nSPS) is 12.8. The third-order valence-corrected chi connectivity index (χ3v) is 7.12. The lowest BCUT2D eigenvalue weighted by Gasteiger charge is -2.28. The first-order valence-electron chi connectivity index (χ1n) is 10.9. The van der Waals surface area contributed by atoms with Gasteiger partial charge in [0.2, 0.25) is 8.32 Å². The van der Waals surface area contributed by atoms with Crippen molar-refractivity contribution < 1.29 is 13.3 Å². The van der Waals surface area contributed by atoms with Crippen molar-refractivity contribution in [2.24, 2.45) is 0 Å². The summed E-state index contributed by atoms with van der Waals surface area (Å²) < 4.78 is 19.2. The third kappa shape index (κ3) is 9.31. The molecule has 166 valence electrons. The van der Waals surface area contributed by atoms with Crippen molar-refractivity contribution in [3.8, 4) is 5.75 Å². The molecule has 0 amide bonds. The molecule has 2 aromatic carbocycles. The topological polar surface area (TPSA) is 27.7 Å². The molecule has 6 heteroatoms. The first kappa shape index (κ1) is 25.1. The van der Waals surface area contributed by atoms with E-state index in [1.165, 1.54) is 11.1 Å². The maximum Gasteiger partial charge on any atom is 0.242 e. The SMILES string of the molecule is C[Si](C)(C)OCc1cc(Cc2ccccc2)cc(CO[Si](C)(C)C)c1O[Si](C)(C)C. The number of rotatable bonds is 10. The molecule has 0 unspecified atom stereocenters. The van der Waals surface area contributed by atoms with Gasteiger partial charge in [0.25, 0.3) is 0 Å². The Bertz CT molecular complexity index is 777. The van der Waals surface area contributed by atoms with Crippen LogP contribution in [0.25, 0.3) is 0 Å². The Morgan fingerprint density at radius 3 is 1.47 bits per heavy atom. The largest absolute Gasteiger partial charge is 0.544 e. The van der Waals surface area contributed by atoms with E-state index in [9.17, 15) is 0 Å². The van der Waals surface area contributed by atoms with E-state index in [0.717, 1.165) is 23.3 Å². The fourth-order valence-corrected chi connectivity index (χ4v) is 5.05. The van der Waals surface area contributed by atoms with Crippen molar-refractivity contribution >= 4 is 25.0 Å². The Labute approximate surface area is 187 Å². The summed E-state index contributed by atoms with van der Waals surface area (Å²) in [6, 6.07) is 15.2. The molecule has 2 aromatic rings. The molecule has 30 heavy (non-hydrogen) atoms. The van der Waals surface area contributed by atoms with E-state index in [1.807, 2.05) is 0 Å². The fraction of sp³-hybridized carbons (Fsp3) is 0.500. The van der Waals surface area contributed by atoms with Crippen molar-refractivity contribution in [2.45, 2.75) is 78.6 Å². The van der Waals surface area contributed by atoms with Crippen LogP contribution < -0.4 is 4.43 Å². The summed E-state index contributed by atoms with van der Waals surface area (Å²) >= 11 is 0. The quantitative estimate of drug-likeness (QED) is 0.351. The van der Waals surface area contributed by atoms with E-state index in [2.05, 4.69) is 101 Å². The molecular weight excluding hydrogens is 421 g/mol. The lowest BCUT2D eigenvalue weighted by molar-refractivity contribution is 0.285. The Hall–Kier alpha value is -1.19. The number of benzene rings is 2. The maximum atomic E-state index is 6.61. The molecule has 3 nitrogen and oxygen atoms in total. The van der Waals surface area contributed by atoms with Gasteiger partial charge in [-0.15, -0.1) is 0 Å². The van der Waals surface area contributed by atoms with Crippen molar-refractivity contribution in [2.75, 3.05) is 0 Å². The highest BCUT2D eigenvalue weighted by Crippen LogP contribution is 2.32. The van der Waals surface area contributed by atoms with Gasteiger partial charge in [-0.1, -0.05) is 30.3 Å². The van der Waals surface area contributed by atoms with Gasteiger partial charge in [-0.2, -0.15) is 0 Å². The molecular formula is C24H40O3Si3. The van der Waals surface area contributed by atoms with Crippen LogP contribution in [0.3, 0.4) is 0 Å². The standard InChI is InChI=1S/C24H40O3Si3/c1-28(2,3)25-18-22-16-21(15-20-13-11-10-12-14-20)17-23(19-26-29(4,5)6)24(22)27-30(7,8)9/h10-14,16-17H,15,18-19H2,1-9H3. The second kappa shape index (κ2) is 9.96. The minimum absolute atomic E-state index is 0.595. The lowest BCUT2D eigenvalue weighted by atomic mass is 9.99. The van der Waals surface area contributed by atoms with Gasteiger partial charge in [-0.25, -0.2) is 0 Å². The van der Waals surface area contributed by atoms with Gasteiger partial charge in [-0.3, -0.25) is 0 Å². The second-order valence-electron chi connectivity index (χ2n) is 10.9. The Kier molecular flexibility index (Phi) is 8.32. The van der Waals surface area contributed by atoms with E-state index in [-0.39, 0.29) is 0 Å². The van der Waals surface area contributed by atoms with E-state index < -0.39 is 25.0 Å². The fourth-order valence-electron chi connectivity index (χ4n) is 3.00. The van der Waals surface area contributed by atoms with E-state index >= 15 is 0 Å².